The number of aromatic nitrogens is 2. The van der Waals surface area contributed by atoms with E-state index < -0.39 is 0 Å². The minimum Gasteiger partial charge on any atom is -0.455 e. The number of para-hydroxylation sites is 1. The highest BCUT2D eigenvalue weighted by Crippen LogP contribution is 2.50. The SMILES string of the molecule is O=c1cc(N2CCOC(c3cccc4c3Oc3ccc(NCc5cc(Cl)ccn5)cc3S4)C2)cc[nH]1. The van der Waals surface area contributed by atoms with E-state index in [1.165, 1.54) is 0 Å². The molecule has 36 heavy (non-hydrogen) atoms. The van der Waals surface area contributed by atoms with Crippen molar-refractivity contribution >= 4 is 34.7 Å². The standard InChI is InChI=1S/C27H23ClN4O3S/c28-17-6-8-29-19(12-17)15-31-18-4-5-22-25(13-18)36-24-3-1-2-21(27(24)35-22)23-16-32(10-11-34-23)20-7-9-30-26(33)14-20/h1-9,12-14,23,31H,10-11,15-16H2,(H,30,33). The number of nitrogens with zero attached hydrogens (tertiary/aromatic N) is 2. The van der Waals surface area contributed by atoms with Crippen LogP contribution in [0.1, 0.15) is 17.4 Å². The fraction of sp³-hybridized carbons (Fsp3) is 0.185. The smallest absolute Gasteiger partial charge is 0.249 e. The van der Waals surface area contributed by atoms with Gasteiger partial charge in [-0.2, -0.15) is 0 Å². The van der Waals surface area contributed by atoms with Gasteiger partial charge in [-0.3, -0.25) is 9.78 Å². The number of nitrogens with one attached hydrogen (secondary N) is 2. The molecule has 2 aromatic carbocycles. The summed E-state index contributed by atoms with van der Waals surface area (Å²) in [6.07, 6.45) is 3.22. The van der Waals surface area contributed by atoms with Gasteiger partial charge >= 0.3 is 0 Å². The number of hydrogen-bond donors (Lipinski definition) is 2. The van der Waals surface area contributed by atoms with Gasteiger partial charge in [-0.15, -0.1) is 0 Å². The number of anilines is 2. The van der Waals surface area contributed by atoms with E-state index >= 15 is 0 Å². The van der Waals surface area contributed by atoms with E-state index in [1.54, 1.807) is 36.3 Å². The number of ether oxygens (including phenoxy) is 2. The lowest BCUT2D eigenvalue weighted by Gasteiger charge is -2.35. The summed E-state index contributed by atoms with van der Waals surface area (Å²) in [5.74, 6) is 1.64. The van der Waals surface area contributed by atoms with Gasteiger partial charge in [0.2, 0.25) is 5.56 Å². The molecule has 2 N–H and O–H groups in total. The number of hydrogen-bond acceptors (Lipinski definition) is 7. The van der Waals surface area contributed by atoms with Crippen molar-refractivity contribution in [2.45, 2.75) is 22.4 Å². The van der Waals surface area contributed by atoms with Gasteiger partial charge in [-0.1, -0.05) is 35.5 Å². The molecule has 2 aromatic heterocycles. The van der Waals surface area contributed by atoms with Crippen LogP contribution in [0, 0.1) is 0 Å². The molecular formula is C27H23ClN4O3S. The molecule has 0 bridgehead atoms. The Kier molecular flexibility index (Phi) is 6.31. The van der Waals surface area contributed by atoms with Crippen molar-refractivity contribution in [3.63, 3.8) is 0 Å². The normalized spacial score (nSPS) is 16.6. The molecule has 0 aliphatic carbocycles. The predicted molar refractivity (Wildman–Crippen MR) is 142 cm³/mol. The average molecular weight is 519 g/mol. The first-order valence-electron chi connectivity index (χ1n) is 11.6. The third kappa shape index (κ3) is 4.80. The van der Waals surface area contributed by atoms with Crippen molar-refractivity contribution in [3.8, 4) is 11.5 Å². The average Bonchev–Trinajstić information content (AvgIpc) is 2.90. The zero-order valence-corrected chi connectivity index (χ0v) is 20.8. The first kappa shape index (κ1) is 23.0. The van der Waals surface area contributed by atoms with Gasteiger partial charge in [0.25, 0.3) is 0 Å². The molecule has 182 valence electrons. The Balaban J connectivity index is 1.20. The summed E-state index contributed by atoms with van der Waals surface area (Å²) in [5, 5.41) is 4.08. The maximum absolute atomic E-state index is 11.8. The molecule has 0 spiro atoms. The van der Waals surface area contributed by atoms with E-state index in [0.717, 1.165) is 50.5 Å². The Hall–Kier alpha value is -3.46. The molecule has 9 heteroatoms. The molecule has 2 aliphatic rings. The van der Waals surface area contributed by atoms with Crippen LogP contribution in [0.5, 0.6) is 11.5 Å². The number of rotatable bonds is 5. The maximum Gasteiger partial charge on any atom is 0.249 e. The van der Waals surface area contributed by atoms with E-state index in [1.807, 2.05) is 30.3 Å². The van der Waals surface area contributed by atoms with E-state index in [0.29, 0.717) is 24.7 Å². The molecule has 6 rings (SSSR count). The molecule has 4 heterocycles. The van der Waals surface area contributed by atoms with Gasteiger partial charge in [0.15, 0.2) is 0 Å². The summed E-state index contributed by atoms with van der Waals surface area (Å²) < 4.78 is 12.6. The lowest BCUT2D eigenvalue weighted by molar-refractivity contribution is 0.0383. The first-order valence-corrected chi connectivity index (χ1v) is 12.8. The fourth-order valence-electron chi connectivity index (χ4n) is 4.43. The second-order valence-electron chi connectivity index (χ2n) is 8.58. The Morgan fingerprint density at radius 3 is 2.97 bits per heavy atom. The molecule has 7 nitrogen and oxygen atoms in total. The zero-order chi connectivity index (χ0) is 24.5. The lowest BCUT2D eigenvalue weighted by Crippen LogP contribution is -2.39. The van der Waals surface area contributed by atoms with Crippen LogP contribution in [-0.4, -0.2) is 29.7 Å². The lowest BCUT2D eigenvalue weighted by atomic mass is 10.1. The highest BCUT2D eigenvalue weighted by Gasteiger charge is 2.29. The van der Waals surface area contributed by atoms with Gasteiger partial charge in [0.05, 0.1) is 28.6 Å². The van der Waals surface area contributed by atoms with E-state index in [9.17, 15) is 4.79 Å². The summed E-state index contributed by atoms with van der Waals surface area (Å²) in [6, 6.07) is 19.4. The van der Waals surface area contributed by atoms with E-state index in [-0.39, 0.29) is 11.7 Å². The minimum atomic E-state index is -0.165. The van der Waals surface area contributed by atoms with E-state index in [2.05, 4.69) is 38.4 Å². The second kappa shape index (κ2) is 9.89. The van der Waals surface area contributed by atoms with Crippen LogP contribution < -0.4 is 20.5 Å². The van der Waals surface area contributed by atoms with Crippen LogP contribution in [-0.2, 0) is 11.3 Å². The monoisotopic (exact) mass is 518 g/mol. The third-order valence-corrected chi connectivity index (χ3v) is 7.49. The first-order chi connectivity index (χ1) is 17.6. The molecule has 1 fully saturated rings. The van der Waals surface area contributed by atoms with Crippen molar-refractivity contribution in [2.75, 3.05) is 29.9 Å². The van der Waals surface area contributed by atoms with Crippen molar-refractivity contribution in [1.82, 2.24) is 9.97 Å². The Morgan fingerprint density at radius 2 is 2.08 bits per heavy atom. The molecule has 1 atom stereocenters. The number of benzene rings is 2. The maximum atomic E-state index is 11.8. The largest absolute Gasteiger partial charge is 0.455 e. The molecule has 0 amide bonds. The van der Waals surface area contributed by atoms with Crippen molar-refractivity contribution in [1.29, 1.82) is 0 Å². The summed E-state index contributed by atoms with van der Waals surface area (Å²) in [6.45, 7) is 2.52. The zero-order valence-electron chi connectivity index (χ0n) is 19.2. The van der Waals surface area contributed by atoms with Gasteiger partial charge in [0, 0.05) is 53.5 Å². The van der Waals surface area contributed by atoms with Gasteiger partial charge in [0.1, 0.15) is 17.6 Å². The molecule has 1 saturated heterocycles. The van der Waals surface area contributed by atoms with Crippen molar-refractivity contribution < 1.29 is 9.47 Å². The summed E-state index contributed by atoms with van der Waals surface area (Å²) in [4.78, 5) is 23.1. The molecular weight excluding hydrogens is 496 g/mol. The van der Waals surface area contributed by atoms with Crippen molar-refractivity contribution in [2.24, 2.45) is 0 Å². The predicted octanol–water partition coefficient (Wildman–Crippen LogP) is 5.87. The molecule has 1 unspecified atom stereocenters. The summed E-state index contributed by atoms with van der Waals surface area (Å²) >= 11 is 7.75. The van der Waals surface area contributed by atoms with Crippen LogP contribution >= 0.6 is 23.4 Å². The van der Waals surface area contributed by atoms with Gasteiger partial charge in [-0.25, -0.2) is 0 Å². The minimum absolute atomic E-state index is 0.110. The topological polar surface area (TPSA) is 79.5 Å². The number of pyridine rings is 2. The van der Waals surface area contributed by atoms with Crippen molar-refractivity contribution in [3.05, 3.63) is 99.7 Å². The highest BCUT2D eigenvalue weighted by molar-refractivity contribution is 7.99. The Labute approximate surface area is 217 Å². The molecule has 0 saturated carbocycles. The summed E-state index contributed by atoms with van der Waals surface area (Å²) in [5.41, 5.74) is 3.65. The Morgan fingerprint density at radius 1 is 1.14 bits per heavy atom. The number of aromatic amines is 1. The van der Waals surface area contributed by atoms with Gasteiger partial charge in [-0.05, 0) is 42.5 Å². The number of fused-ring (bicyclic) bond motifs is 2. The van der Waals surface area contributed by atoms with Crippen LogP contribution in [0.25, 0.3) is 0 Å². The second-order valence-corrected chi connectivity index (χ2v) is 10.1. The third-order valence-electron chi connectivity index (χ3n) is 6.17. The number of halogens is 1. The summed E-state index contributed by atoms with van der Waals surface area (Å²) in [7, 11) is 0. The van der Waals surface area contributed by atoms with E-state index in [4.69, 9.17) is 21.1 Å². The Bertz CT molecular complexity index is 1480. The van der Waals surface area contributed by atoms with Gasteiger partial charge < -0.3 is 24.7 Å². The number of H-pyrrole nitrogens is 1. The molecule has 2 aliphatic heterocycles. The molecule has 0 radical (unpaired) electrons. The fourth-order valence-corrected chi connectivity index (χ4v) is 5.64. The van der Waals surface area contributed by atoms with Crippen LogP contribution in [0.2, 0.25) is 5.02 Å². The molecule has 4 aromatic rings. The van der Waals surface area contributed by atoms with Crippen LogP contribution in [0.3, 0.4) is 0 Å². The highest BCUT2D eigenvalue weighted by atomic mass is 35.5. The number of morpholine rings is 1. The quantitative estimate of drug-likeness (QED) is 0.301. The van der Waals surface area contributed by atoms with Crippen LogP contribution in [0.4, 0.5) is 11.4 Å². The van der Waals surface area contributed by atoms with Crippen LogP contribution in [0.15, 0.2) is 87.6 Å².